The molecule has 0 atom stereocenters. The van der Waals surface area contributed by atoms with Crippen LogP contribution in [0.3, 0.4) is 0 Å². The third kappa shape index (κ3) is 25.8. The fraction of sp³-hybridized carbons (Fsp3) is 0.857. The minimum absolute atomic E-state index is 1.21. The second-order valence-electron chi connectivity index (χ2n) is 7.45. The molecular formula is C21H40ClNO4S. The van der Waals surface area contributed by atoms with Crippen LogP contribution in [0.5, 0.6) is 0 Å². The number of aromatic nitrogens is 1. The van der Waals surface area contributed by atoms with Gasteiger partial charge in [0.25, 0.3) is 0 Å². The van der Waals surface area contributed by atoms with Gasteiger partial charge in [-0.25, -0.2) is 18.6 Å². The summed E-state index contributed by atoms with van der Waals surface area (Å²) in [6, 6.07) is 0. The highest BCUT2D eigenvalue weighted by molar-refractivity contribution is 7.07. The number of hydrogen-bond acceptors (Lipinski definition) is 5. The van der Waals surface area contributed by atoms with Crippen molar-refractivity contribution in [3.63, 3.8) is 0 Å². The molecule has 0 saturated carbocycles. The number of unbranched alkanes of at least 4 members (excludes halogenated alkanes) is 15. The summed E-state index contributed by atoms with van der Waals surface area (Å²) in [7, 11) is -4.94. The molecule has 0 fully saturated rings. The highest BCUT2D eigenvalue weighted by Crippen LogP contribution is 2.13. The predicted octanol–water partition coefficient (Wildman–Crippen LogP) is 2.54. The number of nitrogens with zero attached hydrogens (tertiary/aromatic N) is 1. The summed E-state index contributed by atoms with van der Waals surface area (Å²) in [5.41, 5.74) is 2.21. The summed E-state index contributed by atoms with van der Waals surface area (Å²) >= 11 is 1.79. The molecule has 0 aliphatic heterocycles. The lowest BCUT2D eigenvalue weighted by atomic mass is 10.0. The number of aryl methyl sites for hydroxylation is 1. The van der Waals surface area contributed by atoms with Crippen LogP contribution in [0, 0.1) is 10.2 Å². The molecule has 0 bridgehead atoms. The number of thiazole rings is 1. The molecule has 28 heavy (non-hydrogen) atoms. The van der Waals surface area contributed by atoms with Crippen LogP contribution in [0.25, 0.3) is 0 Å². The molecule has 1 rings (SSSR count). The molecule has 0 aliphatic rings. The van der Waals surface area contributed by atoms with Crippen LogP contribution < -0.4 is 23.2 Å². The van der Waals surface area contributed by atoms with Gasteiger partial charge in [0.15, 0.2) is 6.20 Å². The largest absolute Gasteiger partial charge is 0.224 e. The van der Waals surface area contributed by atoms with Crippen molar-refractivity contribution < 1.29 is 33.4 Å². The van der Waals surface area contributed by atoms with E-state index < -0.39 is 10.2 Å². The Morgan fingerprint density at radius 3 is 1.32 bits per heavy atom. The average molecular weight is 438 g/mol. The van der Waals surface area contributed by atoms with Crippen LogP contribution in [0.1, 0.15) is 110 Å². The Labute approximate surface area is 178 Å². The molecule has 0 amide bonds. The van der Waals surface area contributed by atoms with E-state index in [1.807, 2.05) is 0 Å². The number of rotatable bonds is 17. The van der Waals surface area contributed by atoms with Gasteiger partial charge in [-0.05, 0) is 6.42 Å². The Morgan fingerprint density at radius 1 is 0.643 bits per heavy atom. The van der Waals surface area contributed by atoms with E-state index in [1.165, 1.54) is 109 Å². The van der Waals surface area contributed by atoms with Gasteiger partial charge in [-0.3, -0.25) is 0 Å². The van der Waals surface area contributed by atoms with Crippen LogP contribution in [0.15, 0.2) is 17.1 Å². The fourth-order valence-corrected chi connectivity index (χ4v) is 3.86. The van der Waals surface area contributed by atoms with Gasteiger partial charge in [0.1, 0.15) is 6.54 Å². The van der Waals surface area contributed by atoms with Crippen molar-refractivity contribution in [2.24, 2.45) is 0 Å². The maximum Gasteiger partial charge on any atom is 0.224 e. The Bertz CT molecular complexity index is 407. The van der Waals surface area contributed by atoms with Crippen LogP contribution in [-0.2, 0) is 6.54 Å². The first kappa shape index (κ1) is 27.8. The van der Waals surface area contributed by atoms with Gasteiger partial charge in [-0.15, -0.1) is 10.2 Å². The predicted molar refractivity (Wildman–Crippen MR) is 104 cm³/mol. The molecule has 1 heterocycles. The van der Waals surface area contributed by atoms with Gasteiger partial charge >= 0.3 is 0 Å². The molecule has 1 aromatic rings. The Morgan fingerprint density at radius 2 is 1.00 bits per heavy atom. The summed E-state index contributed by atoms with van der Waals surface area (Å²) in [4.78, 5) is 0. The molecule has 0 unspecified atom stereocenters. The first-order chi connectivity index (χ1) is 13.4. The quantitative estimate of drug-likeness (QED) is 0.276. The second-order valence-corrected chi connectivity index (χ2v) is 8.96. The molecule has 0 spiro atoms. The van der Waals surface area contributed by atoms with E-state index in [1.54, 1.807) is 11.3 Å². The molecule has 0 radical (unpaired) electrons. The zero-order valence-electron chi connectivity index (χ0n) is 17.6. The SMILES string of the molecule is CCCCCCCCCCCCCCCCCC[n+]1ccsc1.[O-][Cl+3]([O-])([O-])[O-]. The molecule has 0 aromatic carbocycles. The van der Waals surface area contributed by atoms with Crippen molar-refractivity contribution >= 4 is 11.3 Å². The van der Waals surface area contributed by atoms with Crippen molar-refractivity contribution in [2.75, 3.05) is 0 Å². The smallest absolute Gasteiger partial charge is 0.222 e. The normalized spacial score (nSPS) is 11.3. The van der Waals surface area contributed by atoms with E-state index in [0.717, 1.165) is 0 Å². The third-order valence-corrected chi connectivity index (χ3v) is 5.47. The Hall–Kier alpha value is -0.240. The van der Waals surface area contributed by atoms with Crippen molar-refractivity contribution in [1.29, 1.82) is 0 Å². The van der Waals surface area contributed by atoms with Crippen LogP contribution in [0.4, 0.5) is 0 Å². The number of halogens is 1. The van der Waals surface area contributed by atoms with Crippen molar-refractivity contribution in [2.45, 2.75) is 116 Å². The third-order valence-electron chi connectivity index (χ3n) is 4.80. The summed E-state index contributed by atoms with van der Waals surface area (Å²) in [5, 5.41) is 2.16. The van der Waals surface area contributed by atoms with Crippen molar-refractivity contribution in [3.8, 4) is 0 Å². The standard InChI is InChI=1S/C21H40NS.ClHO4/c1-2-3-4-5-6-7-8-9-10-11-12-13-14-15-16-17-18-22-19-20-23-21-22;2-1(3,4)5/h19-21H,2-18H2,1H3;(H,2,3,4,5)/q+1;/p-1. The molecule has 0 aliphatic carbocycles. The lowest BCUT2D eigenvalue weighted by Gasteiger charge is -2.17. The summed E-state index contributed by atoms with van der Waals surface area (Å²) < 4.78 is 36.3. The van der Waals surface area contributed by atoms with E-state index in [-0.39, 0.29) is 0 Å². The number of hydrogen-bond donors (Lipinski definition) is 0. The summed E-state index contributed by atoms with van der Waals surface area (Å²) in [6.07, 6.45) is 25.3. The average Bonchev–Trinajstić information content (AvgIpc) is 3.13. The van der Waals surface area contributed by atoms with Gasteiger partial charge < -0.3 is 0 Å². The van der Waals surface area contributed by atoms with E-state index >= 15 is 0 Å². The minimum Gasteiger partial charge on any atom is -0.222 e. The zero-order valence-corrected chi connectivity index (χ0v) is 19.2. The topological polar surface area (TPSA) is 96.1 Å². The lowest BCUT2D eigenvalue weighted by Crippen LogP contribution is -2.68. The monoisotopic (exact) mass is 437 g/mol. The highest BCUT2D eigenvalue weighted by atomic mass is 35.7. The molecule has 5 nitrogen and oxygen atoms in total. The molecule has 7 heteroatoms. The summed E-state index contributed by atoms with van der Waals surface area (Å²) in [5.74, 6) is 0. The lowest BCUT2D eigenvalue weighted by molar-refractivity contribution is -2.00. The maximum absolute atomic E-state index is 8.49. The van der Waals surface area contributed by atoms with Crippen LogP contribution in [-0.4, -0.2) is 0 Å². The molecule has 166 valence electrons. The van der Waals surface area contributed by atoms with Crippen LogP contribution in [0.2, 0.25) is 0 Å². The van der Waals surface area contributed by atoms with Gasteiger partial charge in [0.2, 0.25) is 5.51 Å². The second kappa shape index (κ2) is 20.0. The Balaban J connectivity index is 0.00000129. The van der Waals surface area contributed by atoms with Crippen molar-refractivity contribution in [3.05, 3.63) is 17.1 Å². The van der Waals surface area contributed by atoms with Gasteiger partial charge in [0, 0.05) is 6.42 Å². The molecular weight excluding hydrogens is 398 g/mol. The van der Waals surface area contributed by atoms with E-state index in [2.05, 4.69) is 28.6 Å². The first-order valence-corrected chi connectivity index (χ1v) is 13.1. The molecule has 0 saturated heterocycles. The van der Waals surface area contributed by atoms with Gasteiger partial charge in [0.05, 0.1) is 5.38 Å². The van der Waals surface area contributed by atoms with E-state index in [4.69, 9.17) is 18.6 Å². The molecule has 0 N–H and O–H groups in total. The van der Waals surface area contributed by atoms with Crippen LogP contribution >= 0.6 is 11.3 Å². The van der Waals surface area contributed by atoms with E-state index in [9.17, 15) is 0 Å². The zero-order chi connectivity index (χ0) is 20.9. The molecule has 1 aromatic heterocycles. The maximum atomic E-state index is 8.49. The first-order valence-electron chi connectivity index (χ1n) is 11.0. The van der Waals surface area contributed by atoms with E-state index in [0.29, 0.717) is 0 Å². The van der Waals surface area contributed by atoms with Gasteiger partial charge in [-0.2, -0.15) is 4.57 Å². The van der Waals surface area contributed by atoms with Gasteiger partial charge in [-0.1, -0.05) is 108 Å². The fourth-order valence-electron chi connectivity index (χ4n) is 3.23. The Kier molecular flexibility index (Phi) is 19.9. The highest BCUT2D eigenvalue weighted by Gasteiger charge is 1.99. The van der Waals surface area contributed by atoms with Crippen molar-refractivity contribution in [1.82, 2.24) is 0 Å². The minimum atomic E-state index is -4.94. The summed E-state index contributed by atoms with van der Waals surface area (Å²) in [6.45, 7) is 3.51.